The second-order valence-electron chi connectivity index (χ2n) is 5.93. The van der Waals surface area contributed by atoms with Gasteiger partial charge in [-0.15, -0.1) is 0 Å². The number of benzene rings is 1. The number of pyridine rings is 1. The Bertz CT molecular complexity index is 816. The molecule has 0 radical (unpaired) electrons. The number of carbonyl (C=O) groups is 1. The van der Waals surface area contributed by atoms with Crippen LogP contribution in [0.4, 0.5) is 14.5 Å². The summed E-state index contributed by atoms with van der Waals surface area (Å²) in [6.45, 7) is 3.14. The summed E-state index contributed by atoms with van der Waals surface area (Å²) in [5.74, 6) is -1.82. The molecule has 2 heterocycles. The lowest BCUT2D eigenvalue weighted by molar-refractivity contribution is -0.112. The van der Waals surface area contributed by atoms with E-state index < -0.39 is 11.6 Å². The normalized spacial score (nSPS) is 21.2. The van der Waals surface area contributed by atoms with Crippen molar-refractivity contribution in [3.05, 3.63) is 35.5 Å². The molecular weight excluding hydrogens is 300 g/mol. The summed E-state index contributed by atoms with van der Waals surface area (Å²) in [6.07, 6.45) is 3.02. The fourth-order valence-electron chi connectivity index (χ4n) is 3.16. The third-order valence-electron chi connectivity index (χ3n) is 4.46. The molecule has 0 amide bonds. The summed E-state index contributed by atoms with van der Waals surface area (Å²) in [5.41, 5.74) is 1.19. The molecule has 1 aliphatic rings. The van der Waals surface area contributed by atoms with Crippen molar-refractivity contribution in [1.82, 2.24) is 4.98 Å². The summed E-state index contributed by atoms with van der Waals surface area (Å²) in [5, 5.41) is 9.77. The molecule has 0 saturated carbocycles. The number of anilines is 1. The molecule has 2 unspecified atom stereocenters. The predicted molar refractivity (Wildman–Crippen MR) is 81.9 cm³/mol. The zero-order valence-electron chi connectivity index (χ0n) is 12.6. The molecule has 1 saturated heterocycles. The summed E-state index contributed by atoms with van der Waals surface area (Å²) in [4.78, 5) is 17.1. The van der Waals surface area contributed by atoms with E-state index >= 15 is 0 Å². The highest BCUT2D eigenvalue weighted by Gasteiger charge is 2.28. The molecule has 1 aromatic heterocycles. The van der Waals surface area contributed by atoms with Crippen LogP contribution in [0.25, 0.3) is 10.9 Å². The fourth-order valence-corrected chi connectivity index (χ4v) is 3.16. The van der Waals surface area contributed by atoms with E-state index in [-0.39, 0.29) is 11.8 Å². The first-order valence-corrected chi connectivity index (χ1v) is 7.43. The number of aromatic nitrogens is 1. The van der Waals surface area contributed by atoms with Crippen LogP contribution < -0.4 is 4.90 Å². The Hall–Kier alpha value is -2.55. The van der Waals surface area contributed by atoms with Crippen molar-refractivity contribution in [3.63, 3.8) is 0 Å². The Morgan fingerprint density at radius 1 is 1.39 bits per heavy atom. The van der Waals surface area contributed by atoms with Crippen molar-refractivity contribution >= 4 is 22.9 Å². The van der Waals surface area contributed by atoms with Crippen LogP contribution in [0, 0.1) is 34.8 Å². The van der Waals surface area contributed by atoms with Gasteiger partial charge >= 0.3 is 0 Å². The summed E-state index contributed by atoms with van der Waals surface area (Å²) >= 11 is 0. The van der Waals surface area contributed by atoms with Gasteiger partial charge in [0.1, 0.15) is 12.4 Å². The Morgan fingerprint density at radius 3 is 2.78 bits per heavy atom. The monoisotopic (exact) mass is 315 g/mol. The van der Waals surface area contributed by atoms with E-state index in [1.54, 1.807) is 0 Å². The number of carbonyl (C=O) groups excluding carboxylic acids is 1. The maximum atomic E-state index is 13.7. The van der Waals surface area contributed by atoms with E-state index in [0.717, 1.165) is 18.4 Å². The molecular formula is C17H15F2N3O. The van der Waals surface area contributed by atoms with Gasteiger partial charge in [-0.05, 0) is 18.4 Å². The topological polar surface area (TPSA) is 57.0 Å². The average molecular weight is 315 g/mol. The molecule has 0 spiro atoms. The SMILES string of the molecule is CC1CN(c2c(C#N)cnc3cc(F)c(F)cc23)CCC1C=O. The average Bonchev–Trinajstić information content (AvgIpc) is 2.55. The molecule has 6 heteroatoms. The third kappa shape index (κ3) is 2.63. The smallest absolute Gasteiger partial charge is 0.161 e. The molecule has 0 aliphatic carbocycles. The Balaban J connectivity index is 2.14. The van der Waals surface area contributed by atoms with E-state index in [1.807, 2.05) is 11.8 Å². The molecule has 0 bridgehead atoms. The van der Waals surface area contributed by atoms with Crippen LogP contribution in [0.15, 0.2) is 18.3 Å². The quantitative estimate of drug-likeness (QED) is 0.799. The predicted octanol–water partition coefficient (Wildman–Crippen LogP) is 3.05. The lowest BCUT2D eigenvalue weighted by atomic mass is 9.87. The van der Waals surface area contributed by atoms with Gasteiger partial charge in [-0.25, -0.2) is 8.78 Å². The minimum absolute atomic E-state index is 0.0148. The van der Waals surface area contributed by atoms with Gasteiger partial charge in [0.05, 0.1) is 16.8 Å². The Morgan fingerprint density at radius 2 is 2.13 bits per heavy atom. The van der Waals surface area contributed by atoms with E-state index in [2.05, 4.69) is 11.1 Å². The van der Waals surface area contributed by atoms with Gasteiger partial charge in [0.2, 0.25) is 0 Å². The van der Waals surface area contributed by atoms with Crippen molar-refractivity contribution in [3.8, 4) is 6.07 Å². The number of piperidine rings is 1. The molecule has 0 N–H and O–H groups in total. The molecule has 3 rings (SSSR count). The zero-order chi connectivity index (χ0) is 16.6. The van der Waals surface area contributed by atoms with Crippen LogP contribution in [0.3, 0.4) is 0 Å². The minimum Gasteiger partial charge on any atom is -0.370 e. The van der Waals surface area contributed by atoms with Gasteiger partial charge in [0, 0.05) is 36.7 Å². The maximum Gasteiger partial charge on any atom is 0.161 e. The highest BCUT2D eigenvalue weighted by atomic mass is 19.2. The summed E-state index contributed by atoms with van der Waals surface area (Å²) in [6, 6.07) is 4.20. The van der Waals surface area contributed by atoms with Gasteiger partial charge in [-0.2, -0.15) is 5.26 Å². The van der Waals surface area contributed by atoms with Crippen LogP contribution in [0.5, 0.6) is 0 Å². The molecule has 2 aromatic rings. The van der Waals surface area contributed by atoms with Crippen molar-refractivity contribution in [2.75, 3.05) is 18.0 Å². The number of hydrogen-bond donors (Lipinski definition) is 0. The maximum absolute atomic E-state index is 13.7. The molecule has 2 atom stereocenters. The van der Waals surface area contributed by atoms with Gasteiger partial charge in [-0.3, -0.25) is 4.98 Å². The van der Waals surface area contributed by atoms with Crippen molar-refractivity contribution < 1.29 is 13.6 Å². The first-order chi connectivity index (χ1) is 11.0. The zero-order valence-corrected chi connectivity index (χ0v) is 12.6. The minimum atomic E-state index is -0.966. The first kappa shape index (κ1) is 15.3. The number of halogens is 2. The Kier molecular flexibility index (Phi) is 3.95. The second-order valence-corrected chi connectivity index (χ2v) is 5.93. The summed E-state index contributed by atoms with van der Waals surface area (Å²) < 4.78 is 27.1. The van der Waals surface area contributed by atoms with Crippen LogP contribution >= 0.6 is 0 Å². The van der Waals surface area contributed by atoms with Crippen LogP contribution in [-0.4, -0.2) is 24.4 Å². The molecule has 118 valence electrons. The van der Waals surface area contributed by atoms with E-state index in [9.17, 15) is 18.8 Å². The number of nitriles is 1. The van der Waals surface area contributed by atoms with Crippen LogP contribution in [0.1, 0.15) is 18.9 Å². The third-order valence-corrected chi connectivity index (χ3v) is 4.46. The standard InChI is InChI=1S/C17H15F2N3O/c1-10-8-22(3-2-11(10)9-23)17-12(6-20)7-21-16-5-15(19)14(18)4-13(16)17/h4-5,7,9-11H,2-3,8H2,1H3. The Labute approximate surface area is 132 Å². The lowest BCUT2D eigenvalue weighted by Gasteiger charge is -2.37. The molecule has 1 aliphatic heterocycles. The highest BCUT2D eigenvalue weighted by Crippen LogP contribution is 2.34. The van der Waals surface area contributed by atoms with Crippen molar-refractivity contribution in [2.24, 2.45) is 11.8 Å². The van der Waals surface area contributed by atoms with Gasteiger partial charge in [0.25, 0.3) is 0 Å². The molecule has 1 aromatic carbocycles. The van der Waals surface area contributed by atoms with Gasteiger partial charge < -0.3 is 9.69 Å². The van der Waals surface area contributed by atoms with E-state index in [4.69, 9.17) is 0 Å². The number of rotatable bonds is 2. The van der Waals surface area contributed by atoms with Crippen LogP contribution in [-0.2, 0) is 4.79 Å². The van der Waals surface area contributed by atoms with Crippen LogP contribution in [0.2, 0.25) is 0 Å². The first-order valence-electron chi connectivity index (χ1n) is 7.43. The number of aldehydes is 1. The summed E-state index contributed by atoms with van der Waals surface area (Å²) in [7, 11) is 0. The molecule has 4 nitrogen and oxygen atoms in total. The largest absolute Gasteiger partial charge is 0.370 e. The van der Waals surface area contributed by atoms with Crippen molar-refractivity contribution in [1.29, 1.82) is 5.26 Å². The van der Waals surface area contributed by atoms with Gasteiger partial charge in [0.15, 0.2) is 11.6 Å². The van der Waals surface area contributed by atoms with E-state index in [0.29, 0.717) is 41.7 Å². The van der Waals surface area contributed by atoms with Crippen molar-refractivity contribution in [2.45, 2.75) is 13.3 Å². The van der Waals surface area contributed by atoms with E-state index in [1.165, 1.54) is 6.20 Å². The van der Waals surface area contributed by atoms with Gasteiger partial charge in [-0.1, -0.05) is 6.92 Å². The number of nitrogens with zero attached hydrogens (tertiary/aromatic N) is 3. The number of fused-ring (bicyclic) bond motifs is 1. The fraction of sp³-hybridized carbons (Fsp3) is 0.353. The second kappa shape index (κ2) is 5.92. The molecule has 1 fully saturated rings. The lowest BCUT2D eigenvalue weighted by Crippen LogP contribution is -2.40. The molecule has 23 heavy (non-hydrogen) atoms. The number of hydrogen-bond acceptors (Lipinski definition) is 4. The highest BCUT2D eigenvalue weighted by molar-refractivity contribution is 5.94.